The summed E-state index contributed by atoms with van der Waals surface area (Å²) in [5.41, 5.74) is -0.662. The lowest BCUT2D eigenvalue weighted by atomic mass is 9.88. The predicted molar refractivity (Wildman–Crippen MR) is 261 cm³/mol. The maximum absolute atomic E-state index is 16.4. The third kappa shape index (κ3) is 7.52. The van der Waals surface area contributed by atoms with Gasteiger partial charge in [-0.1, -0.05) is 121 Å². The highest BCUT2D eigenvalue weighted by Crippen LogP contribution is 2.59. The fraction of sp³-hybridized carbons (Fsp3) is 0. The predicted octanol–water partition coefficient (Wildman–Crippen LogP) is 12.9. The Labute approximate surface area is 414 Å². The van der Waals surface area contributed by atoms with Gasteiger partial charge in [0.15, 0.2) is 34.9 Å². The summed E-state index contributed by atoms with van der Waals surface area (Å²) in [5.74, 6) is -6.80. The molecule has 0 bridgehead atoms. The number of halogens is 4. The Bertz CT molecular complexity index is 3690. The maximum Gasteiger partial charge on any atom is 0.188 e. The van der Waals surface area contributed by atoms with E-state index in [1.54, 1.807) is 146 Å². The number of nitrogens with zero attached hydrogens (tertiary/aromatic N) is 10. The lowest BCUT2D eigenvalue weighted by molar-refractivity contribution is 0.513. The van der Waals surface area contributed by atoms with Gasteiger partial charge in [-0.2, -0.15) is 31.6 Å². The van der Waals surface area contributed by atoms with Crippen LogP contribution in [0, 0.1) is 91.3 Å². The molecule has 0 radical (unpaired) electrons. The summed E-state index contributed by atoms with van der Waals surface area (Å²) in [6, 6.07) is 50.1. The van der Waals surface area contributed by atoms with Crippen LogP contribution in [-0.2, 0) is 0 Å². The second kappa shape index (κ2) is 18.7. The molecule has 0 saturated carbocycles. The van der Waals surface area contributed by atoms with E-state index in [0.29, 0.717) is 67.7 Å². The summed E-state index contributed by atoms with van der Waals surface area (Å²) in [6.45, 7) is 0. The number of allylic oxidation sites excluding steroid dienone is 10. The molecular formula is C56H22F4N10S2. The van der Waals surface area contributed by atoms with Crippen molar-refractivity contribution in [3.05, 3.63) is 221 Å². The lowest BCUT2D eigenvalue weighted by Gasteiger charge is -2.17. The van der Waals surface area contributed by atoms with Gasteiger partial charge in [0.2, 0.25) is 0 Å². The minimum Gasteiger partial charge on any atom is -0.228 e. The SMILES string of the molecule is N#CC1=C(c2nc(-c3ccccc3)cc(-c3ccccc3)n2)/C(=C(\C#N)c2sc(C#N)c(F)c2F)C2=C1/C(=C(/C#N)c1sc(C#N)c(F)c1F)C(c1nc(-c3ccccc3)cc(-c3ccccc3)n1)=C2C#N. The van der Waals surface area contributed by atoms with Gasteiger partial charge in [0.05, 0.1) is 54.8 Å². The van der Waals surface area contributed by atoms with Crippen LogP contribution in [0.25, 0.3) is 67.3 Å². The number of aromatic nitrogens is 4. The van der Waals surface area contributed by atoms with Crippen molar-refractivity contribution in [2.24, 2.45) is 0 Å². The van der Waals surface area contributed by atoms with E-state index < -0.39 is 76.2 Å². The molecule has 0 aliphatic heterocycles. The zero-order chi connectivity index (χ0) is 50.2. The number of benzene rings is 4. The number of thiophene rings is 2. The molecule has 72 heavy (non-hydrogen) atoms. The van der Waals surface area contributed by atoms with Crippen LogP contribution in [0.2, 0.25) is 0 Å². The van der Waals surface area contributed by atoms with Crippen molar-refractivity contribution < 1.29 is 17.6 Å². The highest BCUT2D eigenvalue weighted by molar-refractivity contribution is 7.14. The Hall–Kier alpha value is -10.2. The zero-order valence-electron chi connectivity index (χ0n) is 36.5. The van der Waals surface area contributed by atoms with Gasteiger partial charge in [-0.05, 0) is 12.1 Å². The molecule has 0 amide bonds. The first-order chi connectivity index (χ1) is 35.1. The topological polar surface area (TPSA) is 194 Å². The Balaban J connectivity index is 1.40. The van der Waals surface area contributed by atoms with Crippen molar-refractivity contribution in [2.75, 3.05) is 0 Å². The van der Waals surface area contributed by atoms with Gasteiger partial charge < -0.3 is 0 Å². The van der Waals surface area contributed by atoms with Crippen molar-refractivity contribution in [1.82, 2.24) is 19.9 Å². The molecule has 16 heteroatoms. The van der Waals surface area contributed by atoms with E-state index in [9.17, 15) is 31.6 Å². The Morgan fingerprint density at radius 2 is 0.667 bits per heavy atom. The molecule has 0 atom stereocenters. The van der Waals surface area contributed by atoms with E-state index in [1.165, 1.54) is 0 Å². The number of hydrogen-bond acceptors (Lipinski definition) is 12. The molecule has 0 spiro atoms. The normalized spacial score (nSPS) is 14.2. The van der Waals surface area contributed by atoms with Gasteiger partial charge in [-0.15, -0.1) is 22.7 Å². The fourth-order valence-corrected chi connectivity index (χ4v) is 10.2. The molecule has 4 aromatic carbocycles. The van der Waals surface area contributed by atoms with Crippen LogP contribution in [0.1, 0.15) is 31.2 Å². The van der Waals surface area contributed by atoms with Crippen LogP contribution in [0.4, 0.5) is 17.6 Å². The smallest absolute Gasteiger partial charge is 0.188 e. The molecule has 2 aliphatic carbocycles. The first-order valence-corrected chi connectivity index (χ1v) is 22.9. The first kappa shape index (κ1) is 45.6. The Kier molecular flexibility index (Phi) is 11.8. The molecule has 2 aliphatic rings. The number of nitriles is 6. The molecule has 0 unspecified atom stereocenters. The van der Waals surface area contributed by atoms with Crippen LogP contribution in [-0.4, -0.2) is 19.9 Å². The molecule has 10 rings (SSSR count). The molecule has 0 fully saturated rings. The van der Waals surface area contributed by atoms with Gasteiger partial charge in [-0.25, -0.2) is 37.5 Å². The van der Waals surface area contributed by atoms with Crippen molar-refractivity contribution in [2.45, 2.75) is 0 Å². The largest absolute Gasteiger partial charge is 0.228 e. The third-order valence-corrected chi connectivity index (χ3v) is 13.7. The second-order valence-corrected chi connectivity index (χ2v) is 17.6. The van der Waals surface area contributed by atoms with Crippen LogP contribution in [0.15, 0.2) is 167 Å². The molecule has 4 heterocycles. The maximum atomic E-state index is 16.4. The monoisotopic (exact) mass is 974 g/mol. The summed E-state index contributed by atoms with van der Waals surface area (Å²) < 4.78 is 63.9. The van der Waals surface area contributed by atoms with Gasteiger partial charge in [-0.3, -0.25) is 0 Å². The van der Waals surface area contributed by atoms with E-state index in [0.717, 1.165) is 0 Å². The molecule has 0 N–H and O–H groups in total. The summed E-state index contributed by atoms with van der Waals surface area (Å²) in [6.07, 6.45) is 0. The highest BCUT2D eigenvalue weighted by atomic mass is 32.1. The first-order valence-electron chi connectivity index (χ1n) is 21.3. The molecule has 336 valence electrons. The summed E-state index contributed by atoms with van der Waals surface area (Å²) in [5, 5.41) is 65.4. The van der Waals surface area contributed by atoms with Crippen molar-refractivity contribution in [1.29, 1.82) is 31.6 Å². The molecule has 4 aromatic heterocycles. The van der Waals surface area contributed by atoms with Crippen LogP contribution in [0.5, 0.6) is 0 Å². The summed E-state index contributed by atoms with van der Waals surface area (Å²) >= 11 is 0.599. The number of rotatable bonds is 8. The summed E-state index contributed by atoms with van der Waals surface area (Å²) in [7, 11) is 0. The second-order valence-electron chi connectivity index (χ2n) is 15.6. The average Bonchev–Trinajstić information content (AvgIpc) is 4.13. The van der Waals surface area contributed by atoms with E-state index in [1.807, 2.05) is 12.1 Å². The van der Waals surface area contributed by atoms with Crippen molar-refractivity contribution >= 4 is 45.0 Å². The number of hydrogen-bond donors (Lipinski definition) is 0. The Morgan fingerprint density at radius 3 is 0.903 bits per heavy atom. The van der Waals surface area contributed by atoms with Gasteiger partial charge in [0, 0.05) is 55.7 Å². The Morgan fingerprint density at radius 1 is 0.375 bits per heavy atom. The highest BCUT2D eigenvalue weighted by Gasteiger charge is 2.47. The van der Waals surface area contributed by atoms with Crippen LogP contribution >= 0.6 is 22.7 Å². The van der Waals surface area contributed by atoms with Gasteiger partial charge in [0.25, 0.3) is 0 Å². The zero-order valence-corrected chi connectivity index (χ0v) is 38.1. The molecular weight excluding hydrogens is 953 g/mol. The fourth-order valence-electron chi connectivity index (χ4n) is 8.50. The van der Waals surface area contributed by atoms with E-state index in [-0.39, 0.29) is 33.9 Å². The summed E-state index contributed by atoms with van der Waals surface area (Å²) in [4.78, 5) is 16.8. The lowest BCUT2D eigenvalue weighted by Crippen LogP contribution is -2.07. The van der Waals surface area contributed by atoms with E-state index in [2.05, 4.69) is 12.1 Å². The van der Waals surface area contributed by atoms with Gasteiger partial charge in [0.1, 0.15) is 46.2 Å². The third-order valence-electron chi connectivity index (χ3n) is 11.6. The minimum atomic E-state index is -1.59. The minimum absolute atomic E-state index is 0.257. The quantitative estimate of drug-likeness (QED) is 0.104. The van der Waals surface area contributed by atoms with Crippen molar-refractivity contribution in [3.63, 3.8) is 0 Å². The van der Waals surface area contributed by atoms with E-state index in [4.69, 9.17) is 19.9 Å². The van der Waals surface area contributed by atoms with Crippen LogP contribution < -0.4 is 0 Å². The molecule has 8 aromatic rings. The molecule has 10 nitrogen and oxygen atoms in total. The van der Waals surface area contributed by atoms with E-state index >= 15 is 17.6 Å². The van der Waals surface area contributed by atoms with Gasteiger partial charge >= 0.3 is 0 Å². The van der Waals surface area contributed by atoms with Crippen molar-refractivity contribution in [3.8, 4) is 81.4 Å². The van der Waals surface area contributed by atoms with Crippen LogP contribution in [0.3, 0.4) is 0 Å². The average molecular weight is 975 g/mol. The standard InChI is InChI=1S/C56H22F4N10S2/c57-49-41(27-65)71-53(51(49)59)35(25-63)45-44-34(24-62)48(56-69-39(31-17-9-3-10-18-31)22-40(70-56)32-19-11-4-12-20-32)46(36(26-64)54-52(60)50(58)42(28-66)72-54)43(44)33(23-61)47(45)55-67-37(29-13-5-1-6-14-29)21-38(68-55)30-15-7-2-8-16-30/h1-22H/b45-35+,46-36+. The molecule has 0 saturated heterocycles.